The van der Waals surface area contributed by atoms with Crippen molar-refractivity contribution in [1.29, 1.82) is 0 Å². The number of thioether (sulfide) groups is 2. The lowest BCUT2D eigenvalue weighted by molar-refractivity contribution is -0.137. The summed E-state index contributed by atoms with van der Waals surface area (Å²) in [6, 6.07) is 4.08. The SMILES string of the molecule is FC(F)(F)c1ccc2c(c1)CSCCCS2. The second-order valence-corrected chi connectivity index (χ2v) is 5.82. The van der Waals surface area contributed by atoms with E-state index in [1.807, 2.05) is 0 Å². The summed E-state index contributed by atoms with van der Waals surface area (Å²) < 4.78 is 37.6. The first-order valence-electron chi connectivity index (χ1n) is 4.98. The van der Waals surface area contributed by atoms with Crippen molar-refractivity contribution < 1.29 is 13.2 Å². The third kappa shape index (κ3) is 2.88. The van der Waals surface area contributed by atoms with Gasteiger partial charge in [0.2, 0.25) is 0 Å². The summed E-state index contributed by atoms with van der Waals surface area (Å²) in [5.41, 5.74) is 0.289. The minimum atomic E-state index is -4.23. The topological polar surface area (TPSA) is 0 Å². The molecule has 0 aliphatic carbocycles. The summed E-state index contributed by atoms with van der Waals surface area (Å²) in [4.78, 5) is 1.00. The fraction of sp³-hybridized carbons (Fsp3) is 0.455. The Hall–Kier alpha value is -0.290. The zero-order chi connectivity index (χ0) is 11.6. The van der Waals surface area contributed by atoms with E-state index in [0.717, 1.165) is 28.4 Å². The second-order valence-electron chi connectivity index (χ2n) is 3.57. The van der Waals surface area contributed by atoms with Gasteiger partial charge in [-0.2, -0.15) is 24.9 Å². The Morgan fingerprint density at radius 1 is 1.12 bits per heavy atom. The maximum atomic E-state index is 12.5. The molecule has 0 N–H and O–H groups in total. The molecule has 0 saturated carbocycles. The molecular formula is C11H11F3S2. The van der Waals surface area contributed by atoms with E-state index in [4.69, 9.17) is 0 Å². The molecule has 0 saturated heterocycles. The Balaban J connectivity index is 2.32. The fourth-order valence-corrected chi connectivity index (χ4v) is 3.75. The fourth-order valence-electron chi connectivity index (χ4n) is 1.53. The van der Waals surface area contributed by atoms with Crippen LogP contribution in [-0.2, 0) is 11.9 Å². The first-order chi connectivity index (χ1) is 7.57. The molecule has 1 aromatic carbocycles. The van der Waals surface area contributed by atoms with E-state index >= 15 is 0 Å². The van der Waals surface area contributed by atoms with Gasteiger partial charge in [-0.25, -0.2) is 0 Å². The standard InChI is InChI=1S/C11H11F3S2/c12-11(13,14)9-2-3-10-8(6-9)7-15-4-1-5-16-10/h2-3,6H,1,4-5,7H2. The summed E-state index contributed by atoms with van der Waals surface area (Å²) in [5, 5.41) is 0. The van der Waals surface area contributed by atoms with Gasteiger partial charge in [0.05, 0.1) is 5.56 Å². The monoisotopic (exact) mass is 264 g/mol. The van der Waals surface area contributed by atoms with E-state index in [9.17, 15) is 13.2 Å². The predicted molar refractivity (Wildman–Crippen MR) is 62.9 cm³/mol. The zero-order valence-corrected chi connectivity index (χ0v) is 10.1. The number of fused-ring (bicyclic) bond motifs is 1. The van der Waals surface area contributed by atoms with Crippen molar-refractivity contribution in [3.8, 4) is 0 Å². The maximum Gasteiger partial charge on any atom is 0.416 e. The lowest BCUT2D eigenvalue weighted by Crippen LogP contribution is -2.06. The number of alkyl halides is 3. The Kier molecular flexibility index (Phi) is 3.74. The summed E-state index contributed by atoms with van der Waals surface area (Å²) >= 11 is 3.37. The Bertz CT molecular complexity index is 374. The molecule has 0 nitrogen and oxygen atoms in total. The smallest absolute Gasteiger partial charge is 0.166 e. The van der Waals surface area contributed by atoms with Crippen LogP contribution in [0.25, 0.3) is 0 Å². The Labute approximate surface area is 101 Å². The third-order valence-electron chi connectivity index (χ3n) is 2.34. The van der Waals surface area contributed by atoms with Crippen molar-refractivity contribution >= 4 is 23.5 Å². The van der Waals surface area contributed by atoms with Crippen molar-refractivity contribution in [1.82, 2.24) is 0 Å². The van der Waals surface area contributed by atoms with Crippen molar-refractivity contribution in [3.05, 3.63) is 29.3 Å². The number of benzene rings is 1. The molecule has 0 radical (unpaired) electrons. The third-order valence-corrected chi connectivity index (χ3v) is 4.63. The second kappa shape index (κ2) is 4.92. The van der Waals surface area contributed by atoms with Gasteiger partial charge in [0.15, 0.2) is 0 Å². The van der Waals surface area contributed by atoms with Gasteiger partial charge in [-0.3, -0.25) is 0 Å². The highest BCUT2D eigenvalue weighted by molar-refractivity contribution is 8.00. The van der Waals surface area contributed by atoms with Gasteiger partial charge in [-0.05, 0) is 41.7 Å². The van der Waals surface area contributed by atoms with E-state index in [0.29, 0.717) is 5.75 Å². The first-order valence-corrected chi connectivity index (χ1v) is 7.12. The van der Waals surface area contributed by atoms with E-state index in [1.54, 1.807) is 29.6 Å². The lowest BCUT2D eigenvalue weighted by Gasteiger charge is -2.15. The average Bonchev–Trinajstić information content (AvgIpc) is 2.16. The van der Waals surface area contributed by atoms with Crippen LogP contribution in [-0.4, -0.2) is 11.5 Å². The zero-order valence-electron chi connectivity index (χ0n) is 8.51. The quantitative estimate of drug-likeness (QED) is 0.679. The van der Waals surface area contributed by atoms with Gasteiger partial charge in [-0.1, -0.05) is 0 Å². The molecule has 0 bridgehead atoms. The summed E-state index contributed by atoms with van der Waals surface area (Å²) in [6.45, 7) is 0. The largest absolute Gasteiger partial charge is 0.416 e. The van der Waals surface area contributed by atoms with Gasteiger partial charge < -0.3 is 0 Å². The molecule has 88 valence electrons. The van der Waals surface area contributed by atoms with Gasteiger partial charge >= 0.3 is 6.18 Å². The van der Waals surface area contributed by atoms with E-state index in [-0.39, 0.29) is 0 Å². The normalized spacial score (nSPS) is 17.4. The first kappa shape index (κ1) is 12.2. The molecule has 0 atom stereocenters. The number of rotatable bonds is 0. The number of halogens is 3. The molecule has 1 heterocycles. The van der Waals surface area contributed by atoms with Crippen LogP contribution in [0.4, 0.5) is 13.2 Å². The maximum absolute atomic E-state index is 12.5. The highest BCUT2D eigenvalue weighted by Gasteiger charge is 2.31. The van der Waals surface area contributed by atoms with Crippen molar-refractivity contribution in [2.75, 3.05) is 11.5 Å². The Morgan fingerprint density at radius 2 is 1.94 bits per heavy atom. The highest BCUT2D eigenvalue weighted by Crippen LogP contribution is 2.35. The van der Waals surface area contributed by atoms with Crippen molar-refractivity contribution in [3.63, 3.8) is 0 Å². The van der Waals surface area contributed by atoms with Gasteiger partial charge in [-0.15, -0.1) is 11.8 Å². The molecule has 0 spiro atoms. The van der Waals surface area contributed by atoms with Gasteiger partial charge in [0.25, 0.3) is 0 Å². The molecule has 1 aliphatic heterocycles. The molecule has 16 heavy (non-hydrogen) atoms. The van der Waals surface area contributed by atoms with Crippen LogP contribution in [0.5, 0.6) is 0 Å². The van der Waals surface area contributed by atoms with Crippen molar-refractivity contribution in [2.45, 2.75) is 23.2 Å². The molecule has 0 unspecified atom stereocenters. The van der Waals surface area contributed by atoms with E-state index < -0.39 is 11.7 Å². The minimum Gasteiger partial charge on any atom is -0.166 e. The van der Waals surface area contributed by atoms with Crippen LogP contribution in [0.15, 0.2) is 23.1 Å². The molecular weight excluding hydrogens is 253 g/mol. The summed E-state index contributed by atoms with van der Waals surface area (Å²) in [6.07, 6.45) is -3.11. The van der Waals surface area contributed by atoms with Crippen LogP contribution in [0.1, 0.15) is 17.5 Å². The van der Waals surface area contributed by atoms with Crippen molar-refractivity contribution in [2.24, 2.45) is 0 Å². The molecule has 1 aromatic rings. The molecule has 0 aromatic heterocycles. The van der Waals surface area contributed by atoms with Crippen LogP contribution in [0.2, 0.25) is 0 Å². The molecule has 0 amide bonds. The molecule has 2 rings (SSSR count). The number of hydrogen-bond donors (Lipinski definition) is 0. The molecule has 1 aliphatic rings. The van der Waals surface area contributed by atoms with Gasteiger partial charge in [0, 0.05) is 10.6 Å². The van der Waals surface area contributed by atoms with E-state index in [1.165, 1.54) is 12.1 Å². The molecule has 5 heteroatoms. The molecule has 0 fully saturated rings. The summed E-state index contributed by atoms with van der Waals surface area (Å²) in [5.74, 6) is 2.71. The van der Waals surface area contributed by atoms with Crippen LogP contribution >= 0.6 is 23.5 Å². The Morgan fingerprint density at radius 3 is 2.69 bits per heavy atom. The number of hydrogen-bond acceptors (Lipinski definition) is 2. The lowest BCUT2D eigenvalue weighted by atomic mass is 10.1. The minimum absolute atomic E-state index is 0.534. The highest BCUT2D eigenvalue weighted by atomic mass is 32.2. The average molecular weight is 264 g/mol. The van der Waals surface area contributed by atoms with Crippen LogP contribution in [0.3, 0.4) is 0 Å². The van der Waals surface area contributed by atoms with E-state index in [2.05, 4.69) is 0 Å². The van der Waals surface area contributed by atoms with Crippen LogP contribution in [0, 0.1) is 0 Å². The van der Waals surface area contributed by atoms with Gasteiger partial charge in [0.1, 0.15) is 0 Å². The predicted octanol–water partition coefficient (Wildman–Crippen LogP) is 4.43. The summed E-state index contributed by atoms with van der Waals surface area (Å²) in [7, 11) is 0. The van der Waals surface area contributed by atoms with Crippen LogP contribution < -0.4 is 0 Å².